The molecule has 2 saturated heterocycles. The number of carbonyl (C=O) groups is 3. The van der Waals surface area contributed by atoms with Gasteiger partial charge in [0.05, 0.1) is 37.2 Å². The Kier molecular flexibility index (Phi) is 6.86. The fourth-order valence-corrected chi connectivity index (χ4v) is 5.29. The van der Waals surface area contributed by atoms with Crippen molar-refractivity contribution in [3.8, 4) is 17.2 Å². The van der Waals surface area contributed by atoms with Crippen molar-refractivity contribution < 1.29 is 33.4 Å². The van der Waals surface area contributed by atoms with Gasteiger partial charge in [-0.2, -0.15) is 0 Å². The zero-order valence-corrected chi connectivity index (χ0v) is 22.3. The molecule has 0 aliphatic carbocycles. The van der Waals surface area contributed by atoms with E-state index in [0.29, 0.717) is 34.0 Å². The van der Waals surface area contributed by atoms with E-state index >= 15 is 0 Å². The van der Waals surface area contributed by atoms with Crippen molar-refractivity contribution in [3.63, 3.8) is 0 Å². The number of hydrogen-bond donors (Lipinski definition) is 0. The molecule has 0 radical (unpaired) electrons. The van der Waals surface area contributed by atoms with Crippen molar-refractivity contribution in [1.29, 1.82) is 0 Å². The molecule has 0 N–H and O–H groups in total. The maximum atomic E-state index is 14.0. The molecule has 2 fully saturated rings. The van der Waals surface area contributed by atoms with Crippen LogP contribution in [0.4, 0.5) is 11.4 Å². The number of imide groups is 1. The third kappa shape index (κ3) is 4.56. The summed E-state index contributed by atoms with van der Waals surface area (Å²) >= 11 is 0. The molecule has 0 bridgehead atoms. The summed E-state index contributed by atoms with van der Waals surface area (Å²) in [7, 11) is 2.95. The number of methoxy groups -OCH3 is 2. The van der Waals surface area contributed by atoms with Crippen molar-refractivity contribution in [2.75, 3.05) is 24.2 Å². The lowest BCUT2D eigenvalue weighted by Crippen LogP contribution is -2.37. The summed E-state index contributed by atoms with van der Waals surface area (Å²) in [5, 5.41) is 1.59. The number of para-hydroxylation sites is 3. The topological polar surface area (TPSA) is 94.6 Å². The van der Waals surface area contributed by atoms with Gasteiger partial charge in [0, 0.05) is 0 Å². The molecule has 3 unspecified atom stereocenters. The van der Waals surface area contributed by atoms with Crippen LogP contribution in [0.3, 0.4) is 0 Å². The van der Waals surface area contributed by atoms with E-state index in [-0.39, 0.29) is 5.75 Å². The lowest BCUT2D eigenvalue weighted by Gasteiger charge is -2.29. The molecule has 3 atom stereocenters. The largest absolute Gasteiger partial charge is 0.495 e. The van der Waals surface area contributed by atoms with Crippen LogP contribution >= 0.6 is 0 Å². The van der Waals surface area contributed by atoms with E-state index in [1.165, 1.54) is 14.2 Å². The van der Waals surface area contributed by atoms with Gasteiger partial charge in [0.1, 0.15) is 11.7 Å². The molecule has 2 amide bonds. The van der Waals surface area contributed by atoms with Crippen LogP contribution in [0.5, 0.6) is 17.2 Å². The molecule has 0 spiro atoms. The second kappa shape index (κ2) is 10.8. The van der Waals surface area contributed by atoms with Crippen LogP contribution in [0.1, 0.15) is 22.0 Å². The number of hydrogen-bond acceptors (Lipinski definition) is 8. The molecule has 41 heavy (non-hydrogen) atoms. The van der Waals surface area contributed by atoms with Crippen molar-refractivity contribution >= 4 is 29.2 Å². The van der Waals surface area contributed by atoms with Crippen LogP contribution in [-0.4, -0.2) is 38.1 Å². The zero-order chi connectivity index (χ0) is 28.5. The van der Waals surface area contributed by atoms with Crippen LogP contribution < -0.4 is 24.2 Å². The van der Waals surface area contributed by atoms with Crippen molar-refractivity contribution in [2.45, 2.75) is 12.1 Å². The third-order valence-electron chi connectivity index (χ3n) is 7.19. The van der Waals surface area contributed by atoms with Crippen LogP contribution in [-0.2, 0) is 14.4 Å². The molecule has 2 heterocycles. The first-order chi connectivity index (χ1) is 20.0. The van der Waals surface area contributed by atoms with Crippen molar-refractivity contribution in [3.05, 3.63) is 114 Å². The standard InChI is InChI=1S/C32H26N2O7/c1-38-24-16-10-9-15-23(24)33-30(35)27-28(34(41-29(27)31(33)36)22-13-7-4-8-14-22)21-17-18-25(26(19-21)39-2)40-32(37)20-11-5-3-6-12-20/h3-19,27-29H,1-2H3. The minimum Gasteiger partial charge on any atom is -0.495 e. The molecule has 2 aliphatic heterocycles. The number of hydroxylamine groups is 1. The van der Waals surface area contributed by atoms with Gasteiger partial charge in [-0.1, -0.05) is 54.6 Å². The number of amides is 2. The zero-order valence-electron chi connectivity index (χ0n) is 22.3. The van der Waals surface area contributed by atoms with Crippen LogP contribution in [0.2, 0.25) is 0 Å². The van der Waals surface area contributed by atoms with E-state index < -0.39 is 35.8 Å². The van der Waals surface area contributed by atoms with Gasteiger partial charge in [-0.25, -0.2) is 14.8 Å². The lowest BCUT2D eigenvalue weighted by atomic mass is 9.90. The van der Waals surface area contributed by atoms with Gasteiger partial charge < -0.3 is 14.2 Å². The maximum Gasteiger partial charge on any atom is 0.343 e. The highest BCUT2D eigenvalue weighted by Gasteiger charge is 2.60. The van der Waals surface area contributed by atoms with Gasteiger partial charge >= 0.3 is 5.97 Å². The van der Waals surface area contributed by atoms with E-state index in [1.807, 2.05) is 36.4 Å². The molecule has 206 valence electrons. The van der Waals surface area contributed by atoms with E-state index in [2.05, 4.69) is 0 Å². The molecule has 6 rings (SSSR count). The molecule has 9 nitrogen and oxygen atoms in total. The third-order valence-corrected chi connectivity index (χ3v) is 7.19. The minimum absolute atomic E-state index is 0.219. The van der Waals surface area contributed by atoms with E-state index in [9.17, 15) is 14.4 Å². The first-order valence-electron chi connectivity index (χ1n) is 13.0. The Balaban J connectivity index is 1.39. The fourth-order valence-electron chi connectivity index (χ4n) is 5.29. The molecule has 0 saturated carbocycles. The van der Waals surface area contributed by atoms with Crippen LogP contribution in [0.25, 0.3) is 0 Å². The van der Waals surface area contributed by atoms with Gasteiger partial charge in [0.15, 0.2) is 17.6 Å². The normalized spacial score (nSPS) is 19.7. The van der Waals surface area contributed by atoms with Gasteiger partial charge in [-0.3, -0.25) is 14.4 Å². The van der Waals surface area contributed by atoms with Gasteiger partial charge in [0.25, 0.3) is 5.91 Å². The van der Waals surface area contributed by atoms with Gasteiger partial charge in [-0.15, -0.1) is 0 Å². The quantitative estimate of drug-likeness (QED) is 0.181. The number of anilines is 2. The summed E-state index contributed by atoms with van der Waals surface area (Å²) in [6, 6.07) is 29.1. The first kappa shape index (κ1) is 26.1. The number of fused-ring (bicyclic) bond motifs is 1. The van der Waals surface area contributed by atoms with Crippen molar-refractivity contribution in [1.82, 2.24) is 0 Å². The predicted molar refractivity (Wildman–Crippen MR) is 150 cm³/mol. The number of esters is 1. The Hall–Kier alpha value is -5.15. The summed E-state index contributed by atoms with van der Waals surface area (Å²) in [6.45, 7) is 0. The molecular formula is C32H26N2O7. The SMILES string of the molecule is COc1cc(C2C3C(=O)N(c4ccccc4OC)C(=O)C3ON2c2ccccc2)ccc1OC(=O)c1ccccc1. The number of nitrogens with zero attached hydrogens (tertiary/aromatic N) is 2. The molecule has 4 aromatic carbocycles. The first-order valence-corrected chi connectivity index (χ1v) is 13.0. The van der Waals surface area contributed by atoms with E-state index in [0.717, 1.165) is 4.90 Å². The molecule has 4 aromatic rings. The average molecular weight is 551 g/mol. The average Bonchev–Trinajstić information content (AvgIpc) is 3.53. The Morgan fingerprint density at radius 1 is 0.732 bits per heavy atom. The van der Waals surface area contributed by atoms with E-state index in [4.69, 9.17) is 19.0 Å². The van der Waals surface area contributed by atoms with Gasteiger partial charge in [-0.05, 0) is 54.1 Å². The Bertz CT molecular complexity index is 1610. The lowest BCUT2D eigenvalue weighted by molar-refractivity contribution is -0.126. The highest BCUT2D eigenvalue weighted by atomic mass is 16.7. The highest BCUT2D eigenvalue weighted by molar-refractivity contribution is 6.24. The summed E-state index contributed by atoms with van der Waals surface area (Å²) in [4.78, 5) is 47.7. The summed E-state index contributed by atoms with van der Waals surface area (Å²) in [5.74, 6) is -1.37. The fraction of sp³-hybridized carbons (Fsp3) is 0.156. The number of carbonyl (C=O) groups excluding carboxylic acids is 3. The van der Waals surface area contributed by atoms with Gasteiger partial charge in [0.2, 0.25) is 5.91 Å². The molecule has 9 heteroatoms. The second-order valence-electron chi connectivity index (χ2n) is 9.51. The maximum absolute atomic E-state index is 14.0. The summed E-state index contributed by atoms with van der Waals surface area (Å²) in [6.07, 6.45) is -1.06. The van der Waals surface area contributed by atoms with Crippen molar-refractivity contribution in [2.24, 2.45) is 5.92 Å². The minimum atomic E-state index is -1.06. The summed E-state index contributed by atoms with van der Waals surface area (Å²) < 4.78 is 16.6. The smallest absolute Gasteiger partial charge is 0.343 e. The number of ether oxygens (including phenoxy) is 3. The Morgan fingerprint density at radius 3 is 2.10 bits per heavy atom. The second-order valence-corrected chi connectivity index (χ2v) is 9.51. The number of rotatable bonds is 7. The van der Waals surface area contributed by atoms with Crippen LogP contribution in [0, 0.1) is 5.92 Å². The monoisotopic (exact) mass is 550 g/mol. The van der Waals surface area contributed by atoms with Crippen LogP contribution in [0.15, 0.2) is 103 Å². The van der Waals surface area contributed by atoms with E-state index in [1.54, 1.807) is 71.8 Å². The Morgan fingerprint density at radius 2 is 1.39 bits per heavy atom. The highest BCUT2D eigenvalue weighted by Crippen LogP contribution is 2.49. The molecule has 2 aliphatic rings. The predicted octanol–water partition coefficient (Wildman–Crippen LogP) is 4.97. The Labute approximate surface area is 236 Å². The molecule has 0 aromatic heterocycles. The number of benzene rings is 4. The summed E-state index contributed by atoms with van der Waals surface area (Å²) in [5.41, 5.74) is 2.07. The molecular weight excluding hydrogens is 524 g/mol.